The quantitative estimate of drug-likeness (QED) is 0.671. The van der Waals surface area contributed by atoms with Gasteiger partial charge in [0.25, 0.3) is 11.8 Å². The van der Waals surface area contributed by atoms with Crippen LogP contribution in [-0.2, 0) is 10.7 Å². The third kappa shape index (κ3) is 3.09. The number of nitrogens with two attached hydrogens (primary N) is 1. The zero-order valence-electron chi connectivity index (χ0n) is 15.3. The van der Waals surface area contributed by atoms with Crippen LogP contribution in [0.3, 0.4) is 0 Å². The lowest BCUT2D eigenvalue weighted by molar-refractivity contribution is -0.137. The first-order chi connectivity index (χ1) is 13.6. The molecule has 4 rings (SSSR count). The van der Waals surface area contributed by atoms with E-state index in [1.807, 2.05) is 0 Å². The largest absolute Gasteiger partial charge is 0.485 e. The number of aliphatic hydroxyl groups is 1. The number of ether oxygens (including phenoxy) is 1. The summed E-state index contributed by atoms with van der Waals surface area (Å²) in [5.74, 6) is 0.546. The van der Waals surface area contributed by atoms with E-state index in [-0.39, 0.29) is 23.6 Å². The van der Waals surface area contributed by atoms with E-state index in [4.69, 9.17) is 10.5 Å². The number of halogens is 2. The Morgan fingerprint density at radius 2 is 2.14 bits per heavy atom. The molecule has 0 unspecified atom stereocenters. The van der Waals surface area contributed by atoms with Crippen LogP contribution in [0, 0.1) is 11.8 Å². The Hall–Kier alpha value is -3.45. The van der Waals surface area contributed by atoms with Crippen molar-refractivity contribution in [3.8, 4) is 23.3 Å². The maximum absolute atomic E-state index is 14.4. The number of benzene rings is 1. The van der Waals surface area contributed by atoms with Gasteiger partial charge in [-0.15, -0.1) is 0 Å². The molecule has 3 heterocycles. The summed E-state index contributed by atoms with van der Waals surface area (Å²) in [7, 11) is 1.57. The standard InChI is InChI=1S/C19H16F2N4O4/c1-24-7-6-18(28,17(24)27)5-4-11-2-3-14-13(8-11)25-15(19(20,21)10-29-14)9-12(23-25)16(22)26/h2-3,8-9,28H,6-7,10H2,1H3,(H2,22,26)/t18-/m1/s1. The lowest BCUT2D eigenvalue weighted by Gasteiger charge is -2.13. The van der Waals surface area contributed by atoms with Crippen molar-refractivity contribution in [2.75, 3.05) is 20.2 Å². The summed E-state index contributed by atoms with van der Waals surface area (Å²) >= 11 is 0. The number of nitrogens with zero attached hydrogens (tertiary/aromatic N) is 3. The normalized spacial score (nSPS) is 22.1. The van der Waals surface area contributed by atoms with E-state index in [2.05, 4.69) is 16.9 Å². The predicted octanol–water partition coefficient (Wildman–Crippen LogP) is 0.400. The first-order valence-electron chi connectivity index (χ1n) is 8.67. The zero-order chi connectivity index (χ0) is 21.0. The molecule has 1 aromatic carbocycles. The van der Waals surface area contributed by atoms with Crippen LogP contribution in [0.15, 0.2) is 24.3 Å². The molecule has 0 aliphatic carbocycles. The highest BCUT2D eigenvalue weighted by Crippen LogP contribution is 2.37. The predicted molar refractivity (Wildman–Crippen MR) is 95.6 cm³/mol. The van der Waals surface area contributed by atoms with Crippen molar-refractivity contribution in [2.24, 2.45) is 5.73 Å². The van der Waals surface area contributed by atoms with Crippen molar-refractivity contribution in [2.45, 2.75) is 17.9 Å². The number of hydrogen-bond acceptors (Lipinski definition) is 5. The molecule has 2 aliphatic heterocycles. The highest BCUT2D eigenvalue weighted by Gasteiger charge is 2.43. The Morgan fingerprint density at radius 3 is 2.79 bits per heavy atom. The number of alkyl halides is 2. The molecule has 1 fully saturated rings. The zero-order valence-corrected chi connectivity index (χ0v) is 15.3. The minimum Gasteiger partial charge on any atom is -0.485 e. The minimum atomic E-state index is -3.40. The molecular weight excluding hydrogens is 386 g/mol. The van der Waals surface area contributed by atoms with Gasteiger partial charge in [-0.25, -0.2) is 4.68 Å². The Labute approximate surface area is 163 Å². The number of fused-ring (bicyclic) bond motifs is 3. The van der Waals surface area contributed by atoms with Crippen LogP contribution in [0.5, 0.6) is 5.75 Å². The molecule has 1 saturated heterocycles. The van der Waals surface area contributed by atoms with Gasteiger partial charge in [-0.2, -0.15) is 13.9 Å². The monoisotopic (exact) mass is 402 g/mol. The number of carbonyl (C=O) groups excluding carboxylic acids is 2. The second kappa shape index (κ2) is 6.28. The molecule has 8 nitrogen and oxygen atoms in total. The lowest BCUT2D eigenvalue weighted by Crippen LogP contribution is -2.37. The molecule has 150 valence electrons. The number of likely N-dealkylation sites (N-methyl/N-ethyl adjacent to an activating group) is 1. The van der Waals surface area contributed by atoms with Crippen molar-refractivity contribution in [3.05, 3.63) is 41.2 Å². The van der Waals surface area contributed by atoms with Gasteiger partial charge in [0.05, 0.1) is 0 Å². The van der Waals surface area contributed by atoms with Gasteiger partial charge in [-0.05, 0) is 24.3 Å². The van der Waals surface area contributed by atoms with Crippen LogP contribution in [0.1, 0.15) is 28.2 Å². The van der Waals surface area contributed by atoms with Gasteiger partial charge in [-0.1, -0.05) is 11.8 Å². The summed E-state index contributed by atoms with van der Waals surface area (Å²) in [4.78, 5) is 24.8. The maximum Gasteiger partial charge on any atom is 0.323 e. The summed E-state index contributed by atoms with van der Waals surface area (Å²) in [6.45, 7) is -0.556. The summed E-state index contributed by atoms with van der Waals surface area (Å²) in [5.41, 5.74) is 3.02. The highest BCUT2D eigenvalue weighted by atomic mass is 19.3. The van der Waals surface area contributed by atoms with Crippen LogP contribution in [0.25, 0.3) is 5.69 Å². The molecule has 2 amide bonds. The second-order valence-corrected chi connectivity index (χ2v) is 6.95. The summed E-state index contributed by atoms with van der Waals surface area (Å²) in [5, 5.41) is 14.3. The van der Waals surface area contributed by atoms with E-state index in [0.717, 1.165) is 10.7 Å². The molecule has 1 aromatic heterocycles. The summed E-state index contributed by atoms with van der Waals surface area (Å²) in [6, 6.07) is 5.30. The van der Waals surface area contributed by atoms with E-state index in [1.54, 1.807) is 7.05 Å². The molecule has 10 heteroatoms. The van der Waals surface area contributed by atoms with Gasteiger partial charge >= 0.3 is 5.92 Å². The summed E-state index contributed by atoms with van der Waals surface area (Å²) in [6.07, 6.45) is 0.168. The van der Waals surface area contributed by atoms with Gasteiger partial charge in [-0.3, -0.25) is 9.59 Å². The Balaban J connectivity index is 1.79. The van der Waals surface area contributed by atoms with Crippen molar-refractivity contribution >= 4 is 11.8 Å². The third-order valence-electron chi connectivity index (χ3n) is 4.86. The van der Waals surface area contributed by atoms with Crippen LogP contribution >= 0.6 is 0 Å². The van der Waals surface area contributed by atoms with Gasteiger partial charge < -0.3 is 20.5 Å². The van der Waals surface area contributed by atoms with E-state index in [0.29, 0.717) is 12.1 Å². The van der Waals surface area contributed by atoms with Gasteiger partial charge in [0.15, 0.2) is 12.3 Å². The van der Waals surface area contributed by atoms with E-state index in [1.165, 1.54) is 23.1 Å². The maximum atomic E-state index is 14.4. The van der Waals surface area contributed by atoms with E-state index < -0.39 is 35.6 Å². The van der Waals surface area contributed by atoms with Crippen LogP contribution in [0.2, 0.25) is 0 Å². The average Bonchev–Trinajstić information content (AvgIpc) is 3.21. The fourth-order valence-corrected chi connectivity index (χ4v) is 3.22. The molecule has 1 atom stereocenters. The van der Waals surface area contributed by atoms with Crippen molar-refractivity contribution < 1.29 is 28.2 Å². The Kier molecular flexibility index (Phi) is 4.09. The fraction of sp³-hybridized carbons (Fsp3) is 0.316. The molecule has 29 heavy (non-hydrogen) atoms. The number of amides is 2. The van der Waals surface area contributed by atoms with Crippen molar-refractivity contribution in [1.82, 2.24) is 14.7 Å². The fourth-order valence-electron chi connectivity index (χ4n) is 3.22. The lowest BCUT2D eigenvalue weighted by atomic mass is 10.0. The third-order valence-corrected chi connectivity index (χ3v) is 4.86. The SMILES string of the molecule is CN1CC[C@](O)(C#Cc2ccc3c(c2)-n2nc(C(N)=O)cc2C(F)(F)CO3)C1=O. The molecule has 3 N–H and O–H groups in total. The van der Waals surface area contributed by atoms with E-state index >= 15 is 0 Å². The number of primary amides is 1. The number of rotatable bonds is 1. The van der Waals surface area contributed by atoms with Gasteiger partial charge in [0, 0.05) is 25.6 Å². The Morgan fingerprint density at radius 1 is 1.38 bits per heavy atom. The summed E-state index contributed by atoms with van der Waals surface area (Å²) < 4.78 is 35.0. The number of carbonyl (C=O) groups is 2. The van der Waals surface area contributed by atoms with Crippen molar-refractivity contribution in [3.63, 3.8) is 0 Å². The molecule has 0 bridgehead atoms. The molecule has 0 spiro atoms. The first kappa shape index (κ1) is 18.9. The van der Waals surface area contributed by atoms with Gasteiger partial charge in [0.1, 0.15) is 17.1 Å². The molecule has 2 aromatic rings. The number of aromatic nitrogens is 2. The van der Waals surface area contributed by atoms with Crippen LogP contribution in [-0.4, -0.2) is 57.4 Å². The molecule has 2 aliphatic rings. The van der Waals surface area contributed by atoms with Gasteiger partial charge in [0.2, 0.25) is 5.60 Å². The van der Waals surface area contributed by atoms with Crippen LogP contribution < -0.4 is 10.5 Å². The minimum absolute atomic E-state index is 0.114. The second-order valence-electron chi connectivity index (χ2n) is 6.95. The van der Waals surface area contributed by atoms with E-state index in [9.17, 15) is 23.5 Å². The highest BCUT2D eigenvalue weighted by molar-refractivity contribution is 5.91. The van der Waals surface area contributed by atoms with Crippen LogP contribution in [0.4, 0.5) is 8.78 Å². The van der Waals surface area contributed by atoms with Crippen molar-refractivity contribution in [1.29, 1.82) is 0 Å². The molecular formula is C19H16F2N4O4. The number of hydrogen-bond donors (Lipinski definition) is 2. The average molecular weight is 402 g/mol. The first-order valence-corrected chi connectivity index (χ1v) is 8.67. The Bertz CT molecular complexity index is 1100. The molecule has 0 radical (unpaired) electrons. The smallest absolute Gasteiger partial charge is 0.323 e. The topological polar surface area (TPSA) is 111 Å². The molecule has 0 saturated carbocycles. The number of likely N-dealkylation sites (tertiary alicyclic amines) is 1.